The zero-order valence-electron chi connectivity index (χ0n) is 20.0. The normalized spacial score (nSPS) is 12.4. The van der Waals surface area contributed by atoms with Crippen LogP contribution < -0.4 is 9.62 Å². The van der Waals surface area contributed by atoms with Crippen LogP contribution in [0.2, 0.25) is 10.0 Å². The van der Waals surface area contributed by atoms with Crippen molar-refractivity contribution in [3.8, 4) is 0 Å². The fraction of sp³-hybridized carbons (Fsp3) is 0.417. The molecule has 0 saturated heterocycles. The number of nitrogens with zero attached hydrogens (tertiary/aromatic N) is 2. The van der Waals surface area contributed by atoms with E-state index >= 15 is 0 Å². The van der Waals surface area contributed by atoms with E-state index in [1.165, 1.54) is 17.0 Å². The van der Waals surface area contributed by atoms with Crippen LogP contribution in [0, 0.1) is 6.92 Å². The van der Waals surface area contributed by atoms with Gasteiger partial charge in [0.15, 0.2) is 0 Å². The van der Waals surface area contributed by atoms with Gasteiger partial charge in [-0.2, -0.15) is 0 Å². The van der Waals surface area contributed by atoms with Crippen LogP contribution in [0.1, 0.15) is 38.3 Å². The molecular weight excluding hydrogens is 497 g/mol. The van der Waals surface area contributed by atoms with Crippen molar-refractivity contribution in [1.82, 2.24) is 10.2 Å². The number of amides is 2. The van der Waals surface area contributed by atoms with Gasteiger partial charge in [-0.15, -0.1) is 0 Å². The molecule has 2 amide bonds. The van der Waals surface area contributed by atoms with Crippen molar-refractivity contribution in [2.24, 2.45) is 0 Å². The first-order valence-corrected chi connectivity index (χ1v) is 13.5. The molecular formula is C24H31Cl2N3O4S. The Bertz CT molecular complexity index is 1140. The Labute approximate surface area is 212 Å². The first kappa shape index (κ1) is 28.0. The minimum atomic E-state index is -3.89. The molecule has 0 heterocycles. The first-order chi connectivity index (χ1) is 15.8. The summed E-state index contributed by atoms with van der Waals surface area (Å²) < 4.78 is 26.2. The molecule has 0 aliphatic heterocycles. The van der Waals surface area contributed by atoms with Gasteiger partial charge in [-0.3, -0.25) is 13.9 Å². The van der Waals surface area contributed by atoms with Crippen LogP contribution in [-0.4, -0.2) is 50.0 Å². The van der Waals surface area contributed by atoms with Gasteiger partial charge < -0.3 is 10.2 Å². The summed E-state index contributed by atoms with van der Waals surface area (Å²) >= 11 is 12.4. The maximum Gasteiger partial charge on any atom is 0.244 e. The Kier molecular flexibility index (Phi) is 9.79. The van der Waals surface area contributed by atoms with Gasteiger partial charge in [0.05, 0.1) is 22.0 Å². The van der Waals surface area contributed by atoms with Gasteiger partial charge in [0.1, 0.15) is 12.6 Å². The molecule has 2 aromatic rings. The number of nitrogens with one attached hydrogen (secondary N) is 1. The SMILES string of the molecule is CCC(C(=O)NC(C)C)N(Cc1cccc(C)c1)C(=O)CN(c1cccc(Cl)c1Cl)S(C)(=O)=O. The van der Waals surface area contributed by atoms with Gasteiger partial charge >= 0.3 is 0 Å². The summed E-state index contributed by atoms with van der Waals surface area (Å²) in [5, 5.41) is 3.05. The van der Waals surface area contributed by atoms with Gasteiger partial charge in [0, 0.05) is 12.6 Å². The van der Waals surface area contributed by atoms with Crippen molar-refractivity contribution < 1.29 is 18.0 Å². The average Bonchev–Trinajstić information content (AvgIpc) is 2.72. The summed E-state index contributed by atoms with van der Waals surface area (Å²) in [6.45, 7) is 7.03. The van der Waals surface area contributed by atoms with Crippen molar-refractivity contribution in [3.05, 3.63) is 63.6 Å². The molecule has 186 valence electrons. The number of sulfonamides is 1. The van der Waals surface area contributed by atoms with E-state index in [-0.39, 0.29) is 34.2 Å². The van der Waals surface area contributed by atoms with Crippen molar-refractivity contribution in [2.75, 3.05) is 17.1 Å². The Morgan fingerprint density at radius 3 is 2.29 bits per heavy atom. The number of anilines is 1. The van der Waals surface area contributed by atoms with Gasteiger partial charge in [-0.05, 0) is 44.9 Å². The van der Waals surface area contributed by atoms with Crippen molar-refractivity contribution in [1.29, 1.82) is 0 Å². The number of hydrogen-bond acceptors (Lipinski definition) is 4. The maximum atomic E-state index is 13.6. The van der Waals surface area contributed by atoms with Gasteiger partial charge in [0.25, 0.3) is 0 Å². The van der Waals surface area contributed by atoms with Crippen LogP contribution in [0.4, 0.5) is 5.69 Å². The lowest BCUT2D eigenvalue weighted by Crippen LogP contribution is -2.53. The van der Waals surface area contributed by atoms with Crippen LogP contribution >= 0.6 is 23.2 Å². The topological polar surface area (TPSA) is 86.8 Å². The summed E-state index contributed by atoms with van der Waals surface area (Å²) in [7, 11) is -3.89. The standard InChI is InChI=1S/C24H31Cl2N3O4S/c1-6-20(24(31)27-16(2)3)28(14-18-10-7-9-17(4)13-18)22(30)15-29(34(5,32)33)21-12-8-11-19(25)23(21)26/h7-13,16,20H,6,14-15H2,1-5H3,(H,27,31). The van der Waals surface area contributed by atoms with E-state index in [1.54, 1.807) is 6.07 Å². The Hall–Kier alpha value is -2.29. The molecule has 7 nitrogen and oxygen atoms in total. The summed E-state index contributed by atoms with van der Waals surface area (Å²) in [5.41, 5.74) is 1.93. The van der Waals surface area contributed by atoms with E-state index in [9.17, 15) is 18.0 Å². The molecule has 2 aromatic carbocycles. The third kappa shape index (κ3) is 7.35. The summed E-state index contributed by atoms with van der Waals surface area (Å²) in [6.07, 6.45) is 1.35. The van der Waals surface area contributed by atoms with E-state index in [0.29, 0.717) is 6.42 Å². The monoisotopic (exact) mass is 527 g/mol. The molecule has 0 radical (unpaired) electrons. The average molecular weight is 529 g/mol. The van der Waals surface area contributed by atoms with Crippen LogP contribution in [-0.2, 0) is 26.2 Å². The van der Waals surface area contributed by atoms with Gasteiger partial charge in [0.2, 0.25) is 21.8 Å². The second kappa shape index (κ2) is 11.9. The number of hydrogen-bond donors (Lipinski definition) is 1. The van der Waals surface area contributed by atoms with E-state index in [2.05, 4.69) is 5.32 Å². The lowest BCUT2D eigenvalue weighted by Gasteiger charge is -2.33. The number of aryl methyl sites for hydroxylation is 1. The van der Waals surface area contributed by atoms with E-state index in [4.69, 9.17) is 23.2 Å². The fourth-order valence-electron chi connectivity index (χ4n) is 3.59. The lowest BCUT2D eigenvalue weighted by atomic mass is 10.1. The minimum absolute atomic E-state index is 0.0252. The molecule has 2 rings (SSSR count). The molecule has 1 unspecified atom stereocenters. The van der Waals surface area contributed by atoms with Gasteiger partial charge in [-0.1, -0.05) is 66.0 Å². The summed E-state index contributed by atoms with van der Waals surface area (Å²) in [6, 6.07) is 11.3. The largest absolute Gasteiger partial charge is 0.352 e. The van der Waals surface area contributed by atoms with Crippen LogP contribution in [0.5, 0.6) is 0 Å². The van der Waals surface area contributed by atoms with Crippen LogP contribution in [0.25, 0.3) is 0 Å². The molecule has 0 fully saturated rings. The van der Waals surface area contributed by atoms with Crippen LogP contribution in [0.3, 0.4) is 0 Å². The van der Waals surface area contributed by atoms with Gasteiger partial charge in [-0.25, -0.2) is 8.42 Å². The number of halogens is 2. The Morgan fingerprint density at radius 1 is 1.09 bits per heavy atom. The molecule has 10 heteroatoms. The third-order valence-corrected chi connectivity index (χ3v) is 7.07. The fourth-order valence-corrected chi connectivity index (χ4v) is 4.89. The van der Waals surface area contributed by atoms with Crippen LogP contribution in [0.15, 0.2) is 42.5 Å². The highest BCUT2D eigenvalue weighted by molar-refractivity contribution is 7.92. The molecule has 0 saturated carbocycles. The molecule has 1 atom stereocenters. The molecule has 0 spiro atoms. The second-order valence-corrected chi connectivity index (χ2v) is 11.1. The highest BCUT2D eigenvalue weighted by Crippen LogP contribution is 2.33. The molecule has 0 aliphatic carbocycles. The molecule has 0 aliphatic rings. The number of carbonyl (C=O) groups excluding carboxylic acids is 2. The minimum Gasteiger partial charge on any atom is -0.352 e. The second-order valence-electron chi connectivity index (χ2n) is 8.44. The Balaban J connectivity index is 2.49. The smallest absolute Gasteiger partial charge is 0.244 e. The molecule has 34 heavy (non-hydrogen) atoms. The van der Waals surface area contributed by atoms with E-state index in [0.717, 1.165) is 21.7 Å². The lowest BCUT2D eigenvalue weighted by molar-refractivity contribution is -0.140. The molecule has 0 bridgehead atoms. The maximum absolute atomic E-state index is 13.6. The predicted molar refractivity (Wildman–Crippen MR) is 138 cm³/mol. The highest BCUT2D eigenvalue weighted by Gasteiger charge is 2.32. The number of rotatable bonds is 10. The summed E-state index contributed by atoms with van der Waals surface area (Å²) in [5.74, 6) is -0.834. The zero-order valence-corrected chi connectivity index (χ0v) is 22.3. The quantitative estimate of drug-likeness (QED) is 0.495. The summed E-state index contributed by atoms with van der Waals surface area (Å²) in [4.78, 5) is 28.0. The van der Waals surface area contributed by atoms with Crippen molar-refractivity contribution in [3.63, 3.8) is 0 Å². The van der Waals surface area contributed by atoms with Crippen molar-refractivity contribution >= 4 is 50.7 Å². The number of benzene rings is 2. The Morgan fingerprint density at radius 2 is 1.74 bits per heavy atom. The first-order valence-electron chi connectivity index (χ1n) is 10.9. The highest BCUT2D eigenvalue weighted by atomic mass is 35.5. The van der Waals surface area contributed by atoms with E-state index in [1.807, 2.05) is 52.0 Å². The number of carbonyl (C=O) groups is 2. The molecule has 0 aromatic heterocycles. The zero-order chi connectivity index (χ0) is 25.6. The predicted octanol–water partition coefficient (Wildman–Crippen LogP) is 4.40. The van der Waals surface area contributed by atoms with E-state index < -0.39 is 28.5 Å². The van der Waals surface area contributed by atoms with Crippen molar-refractivity contribution in [2.45, 2.75) is 52.7 Å². The third-order valence-electron chi connectivity index (χ3n) is 5.13. The molecule has 1 N–H and O–H groups in total.